The van der Waals surface area contributed by atoms with E-state index >= 15 is 0 Å². The minimum absolute atomic E-state index is 0.304. The lowest BCUT2D eigenvalue weighted by Gasteiger charge is -2.14. The zero-order valence-corrected chi connectivity index (χ0v) is 15.6. The number of carbonyl (C=O) groups excluding carboxylic acids is 2. The predicted molar refractivity (Wildman–Crippen MR) is 101 cm³/mol. The summed E-state index contributed by atoms with van der Waals surface area (Å²) in [5, 5.41) is 3.46. The maximum absolute atomic E-state index is 12.7. The maximum Gasteiger partial charge on any atom is 0.339 e. The second-order valence-corrected chi connectivity index (χ2v) is 6.31. The zero-order valence-electron chi connectivity index (χ0n) is 15.6. The quantitative estimate of drug-likeness (QED) is 0.672. The van der Waals surface area contributed by atoms with Gasteiger partial charge in [-0.1, -0.05) is 25.1 Å². The van der Waals surface area contributed by atoms with Crippen molar-refractivity contribution in [2.24, 2.45) is 0 Å². The molecule has 1 atom stereocenters. The van der Waals surface area contributed by atoms with Crippen molar-refractivity contribution in [3.05, 3.63) is 65.2 Å². The van der Waals surface area contributed by atoms with Crippen LogP contribution in [0.4, 0.5) is 0 Å². The Bertz CT molecular complexity index is 964. The third-order valence-electron chi connectivity index (χ3n) is 4.46. The first-order valence-corrected chi connectivity index (χ1v) is 8.89. The molecule has 1 amide bonds. The number of carbonyl (C=O) groups is 2. The first-order chi connectivity index (χ1) is 13.0. The van der Waals surface area contributed by atoms with Crippen LogP contribution in [0.3, 0.4) is 0 Å². The fraction of sp³-hybridized carbons (Fsp3) is 0.286. The van der Waals surface area contributed by atoms with E-state index in [2.05, 4.69) is 10.3 Å². The molecule has 0 radical (unpaired) electrons. The molecule has 6 heteroatoms. The summed E-state index contributed by atoms with van der Waals surface area (Å²) in [5.74, 6) is -0.279. The summed E-state index contributed by atoms with van der Waals surface area (Å²) in [6.07, 6.45) is 2.25. The van der Waals surface area contributed by atoms with Gasteiger partial charge in [-0.25, -0.2) is 4.79 Å². The number of esters is 1. The number of furan rings is 1. The van der Waals surface area contributed by atoms with Crippen molar-refractivity contribution in [2.75, 3.05) is 6.61 Å². The number of hydrogen-bond acceptors (Lipinski definition) is 5. The van der Waals surface area contributed by atoms with Crippen LogP contribution < -0.4 is 5.32 Å². The van der Waals surface area contributed by atoms with Crippen LogP contribution in [0, 0.1) is 6.92 Å². The summed E-state index contributed by atoms with van der Waals surface area (Å²) < 4.78 is 10.5. The molecule has 0 aliphatic carbocycles. The van der Waals surface area contributed by atoms with Gasteiger partial charge in [0, 0.05) is 11.1 Å². The van der Waals surface area contributed by atoms with Crippen molar-refractivity contribution in [3.63, 3.8) is 0 Å². The SMILES string of the molecule is CCc1nc2ccccc2c(C(=O)OCC(=O)N[C@@H](C)c2ccco2)c1C. The van der Waals surface area contributed by atoms with E-state index in [9.17, 15) is 9.59 Å². The fourth-order valence-corrected chi connectivity index (χ4v) is 3.06. The molecule has 6 nitrogen and oxygen atoms in total. The summed E-state index contributed by atoms with van der Waals surface area (Å²) in [5.41, 5.74) is 2.83. The number of ether oxygens (including phenoxy) is 1. The van der Waals surface area contributed by atoms with Crippen molar-refractivity contribution < 1.29 is 18.7 Å². The van der Waals surface area contributed by atoms with E-state index in [-0.39, 0.29) is 18.6 Å². The van der Waals surface area contributed by atoms with Crippen LogP contribution in [-0.4, -0.2) is 23.5 Å². The molecule has 27 heavy (non-hydrogen) atoms. The van der Waals surface area contributed by atoms with Crippen LogP contribution in [0.1, 0.15) is 47.3 Å². The molecule has 1 N–H and O–H groups in total. The van der Waals surface area contributed by atoms with Crippen LogP contribution in [0.2, 0.25) is 0 Å². The van der Waals surface area contributed by atoms with Gasteiger partial charge in [-0.05, 0) is 44.0 Å². The molecule has 140 valence electrons. The molecule has 3 rings (SSSR count). The molecular weight excluding hydrogens is 344 g/mol. The third-order valence-corrected chi connectivity index (χ3v) is 4.46. The predicted octanol–water partition coefficient (Wildman–Crippen LogP) is 3.73. The standard InChI is InChI=1S/C21H22N2O4/c1-4-16-13(2)20(15-8-5-6-9-17(15)23-16)21(25)27-12-19(24)22-14(3)18-10-7-11-26-18/h5-11,14H,4,12H2,1-3H3,(H,22,24)/t14-/m0/s1. The monoisotopic (exact) mass is 366 g/mol. The molecule has 2 aromatic heterocycles. The van der Waals surface area contributed by atoms with E-state index in [0.29, 0.717) is 17.7 Å². The Morgan fingerprint density at radius 3 is 2.70 bits per heavy atom. The van der Waals surface area contributed by atoms with E-state index in [4.69, 9.17) is 9.15 Å². The van der Waals surface area contributed by atoms with Gasteiger partial charge in [-0.3, -0.25) is 9.78 Å². The number of benzene rings is 1. The van der Waals surface area contributed by atoms with E-state index in [1.165, 1.54) is 0 Å². The number of aryl methyl sites for hydroxylation is 1. The van der Waals surface area contributed by atoms with E-state index in [0.717, 1.165) is 22.2 Å². The molecule has 1 aromatic carbocycles. The Morgan fingerprint density at radius 1 is 1.22 bits per heavy atom. The van der Waals surface area contributed by atoms with Crippen LogP contribution in [0.5, 0.6) is 0 Å². The topological polar surface area (TPSA) is 81.4 Å². The Hall–Kier alpha value is -3.15. The van der Waals surface area contributed by atoms with Crippen molar-refractivity contribution in [1.82, 2.24) is 10.3 Å². The number of hydrogen-bond donors (Lipinski definition) is 1. The third kappa shape index (κ3) is 4.00. The van der Waals surface area contributed by atoms with Gasteiger partial charge >= 0.3 is 5.97 Å². The number of rotatable bonds is 6. The minimum atomic E-state index is -0.526. The van der Waals surface area contributed by atoms with Crippen LogP contribution in [-0.2, 0) is 16.0 Å². The lowest BCUT2D eigenvalue weighted by Crippen LogP contribution is -2.31. The van der Waals surface area contributed by atoms with Gasteiger partial charge in [0.15, 0.2) is 6.61 Å². The van der Waals surface area contributed by atoms with Crippen molar-refractivity contribution in [2.45, 2.75) is 33.2 Å². The highest BCUT2D eigenvalue weighted by Crippen LogP contribution is 2.24. The highest BCUT2D eigenvalue weighted by Gasteiger charge is 2.20. The maximum atomic E-state index is 12.7. The Balaban J connectivity index is 1.74. The highest BCUT2D eigenvalue weighted by molar-refractivity contribution is 6.05. The summed E-state index contributed by atoms with van der Waals surface area (Å²) in [6.45, 7) is 5.28. The lowest BCUT2D eigenvalue weighted by atomic mass is 10.0. The second kappa shape index (κ2) is 8.03. The van der Waals surface area contributed by atoms with Crippen molar-refractivity contribution in [3.8, 4) is 0 Å². The fourth-order valence-electron chi connectivity index (χ4n) is 3.06. The molecule has 0 aliphatic heterocycles. The Labute approximate surface area is 157 Å². The number of para-hydroxylation sites is 1. The van der Waals surface area contributed by atoms with E-state index in [1.807, 2.05) is 38.1 Å². The van der Waals surface area contributed by atoms with Gasteiger partial charge in [0.2, 0.25) is 0 Å². The highest BCUT2D eigenvalue weighted by atomic mass is 16.5. The van der Waals surface area contributed by atoms with Gasteiger partial charge < -0.3 is 14.5 Å². The molecule has 3 aromatic rings. The summed E-state index contributed by atoms with van der Waals surface area (Å²) in [6, 6.07) is 10.6. The van der Waals surface area contributed by atoms with Gasteiger partial charge in [-0.2, -0.15) is 0 Å². The van der Waals surface area contributed by atoms with Crippen LogP contribution in [0.25, 0.3) is 10.9 Å². The minimum Gasteiger partial charge on any atom is -0.467 e. The number of nitrogens with zero attached hydrogens (tertiary/aromatic N) is 1. The molecular formula is C21H22N2O4. The number of pyridine rings is 1. The van der Waals surface area contributed by atoms with Gasteiger partial charge in [-0.15, -0.1) is 0 Å². The van der Waals surface area contributed by atoms with Gasteiger partial charge in [0.25, 0.3) is 5.91 Å². The summed E-state index contributed by atoms with van der Waals surface area (Å²) >= 11 is 0. The van der Waals surface area contributed by atoms with Crippen molar-refractivity contribution in [1.29, 1.82) is 0 Å². The molecule has 0 unspecified atom stereocenters. The normalized spacial score (nSPS) is 12.0. The zero-order chi connectivity index (χ0) is 19.4. The second-order valence-electron chi connectivity index (χ2n) is 6.31. The largest absolute Gasteiger partial charge is 0.467 e. The Morgan fingerprint density at radius 2 is 2.00 bits per heavy atom. The number of fused-ring (bicyclic) bond motifs is 1. The van der Waals surface area contributed by atoms with Gasteiger partial charge in [0.1, 0.15) is 5.76 Å². The molecule has 0 aliphatic rings. The molecule has 0 saturated heterocycles. The summed E-state index contributed by atoms with van der Waals surface area (Å²) in [7, 11) is 0. The first-order valence-electron chi connectivity index (χ1n) is 8.89. The van der Waals surface area contributed by atoms with E-state index < -0.39 is 5.97 Å². The smallest absolute Gasteiger partial charge is 0.339 e. The average Bonchev–Trinajstić information content (AvgIpc) is 3.20. The number of aromatic nitrogens is 1. The van der Waals surface area contributed by atoms with Crippen molar-refractivity contribution >= 4 is 22.8 Å². The van der Waals surface area contributed by atoms with Gasteiger partial charge in [0.05, 0.1) is 23.4 Å². The molecule has 2 heterocycles. The number of nitrogens with one attached hydrogen (secondary N) is 1. The first kappa shape index (κ1) is 18.6. The number of amides is 1. The molecule has 0 fully saturated rings. The van der Waals surface area contributed by atoms with Crippen LogP contribution >= 0.6 is 0 Å². The van der Waals surface area contributed by atoms with Crippen LogP contribution in [0.15, 0.2) is 47.1 Å². The molecule has 0 saturated carbocycles. The molecule has 0 spiro atoms. The molecule has 0 bridgehead atoms. The average molecular weight is 366 g/mol. The lowest BCUT2D eigenvalue weighted by molar-refractivity contribution is -0.125. The van der Waals surface area contributed by atoms with E-state index in [1.54, 1.807) is 25.3 Å². The Kier molecular flexibility index (Phi) is 5.54. The summed E-state index contributed by atoms with van der Waals surface area (Å²) in [4.78, 5) is 29.4.